The van der Waals surface area contributed by atoms with E-state index in [4.69, 9.17) is 14.2 Å². The summed E-state index contributed by atoms with van der Waals surface area (Å²) in [6, 6.07) is 7.50. The highest BCUT2D eigenvalue weighted by atomic mass is 16.6. The first-order chi connectivity index (χ1) is 12.7. The molecule has 2 aliphatic rings. The van der Waals surface area contributed by atoms with Gasteiger partial charge in [0.05, 0.1) is 12.0 Å². The Morgan fingerprint density at radius 2 is 1.81 bits per heavy atom. The minimum absolute atomic E-state index is 0.0766. The minimum Gasteiger partial charge on any atom is -0.465 e. The Labute approximate surface area is 158 Å². The summed E-state index contributed by atoms with van der Waals surface area (Å²) in [5.74, 6) is -3.01. The second kappa shape index (κ2) is 6.51. The van der Waals surface area contributed by atoms with Crippen LogP contribution in [0.5, 0.6) is 0 Å². The molecule has 1 saturated heterocycles. The number of ether oxygens (including phenoxy) is 3. The number of cyclic esters (lactones) is 2. The largest absolute Gasteiger partial charge is 0.465 e. The third kappa shape index (κ3) is 2.58. The minimum atomic E-state index is -1.22. The maximum Gasteiger partial charge on any atom is 0.334 e. The molecule has 144 valence electrons. The monoisotopic (exact) mass is 372 g/mol. The van der Waals surface area contributed by atoms with Gasteiger partial charge in [0, 0.05) is 5.57 Å². The van der Waals surface area contributed by atoms with E-state index in [1.54, 1.807) is 27.7 Å². The Hall–Kier alpha value is -2.63. The molecule has 0 amide bonds. The highest BCUT2D eigenvalue weighted by molar-refractivity contribution is 6.00. The molecule has 0 bridgehead atoms. The van der Waals surface area contributed by atoms with Crippen LogP contribution in [0.25, 0.3) is 0 Å². The number of esters is 3. The van der Waals surface area contributed by atoms with Gasteiger partial charge in [-0.25, -0.2) is 4.79 Å². The molecule has 0 spiro atoms. The van der Waals surface area contributed by atoms with Crippen LogP contribution in [0.3, 0.4) is 0 Å². The lowest BCUT2D eigenvalue weighted by atomic mass is 9.59. The molecule has 0 radical (unpaired) electrons. The van der Waals surface area contributed by atoms with Crippen LogP contribution < -0.4 is 0 Å². The summed E-state index contributed by atoms with van der Waals surface area (Å²) in [5.41, 5.74) is 0.464. The van der Waals surface area contributed by atoms with Crippen molar-refractivity contribution in [3.8, 4) is 0 Å². The molecular weight excluding hydrogens is 348 g/mol. The zero-order chi connectivity index (χ0) is 20.0. The smallest absolute Gasteiger partial charge is 0.334 e. The summed E-state index contributed by atoms with van der Waals surface area (Å²) < 4.78 is 16.4. The van der Waals surface area contributed by atoms with Gasteiger partial charge in [0.1, 0.15) is 12.2 Å². The lowest BCUT2D eigenvalue weighted by molar-refractivity contribution is -0.164. The molecule has 2 aliphatic heterocycles. The molecule has 0 aliphatic carbocycles. The fourth-order valence-electron chi connectivity index (χ4n) is 4.14. The Morgan fingerprint density at radius 1 is 1.19 bits per heavy atom. The Balaban J connectivity index is 2.28. The third-order valence-electron chi connectivity index (χ3n) is 5.99. The van der Waals surface area contributed by atoms with E-state index in [0.717, 1.165) is 5.56 Å². The SMILES string of the molecule is CCOC(=O)[C@@H]1C(=O)OC[C@@]1(c1ccc(C)cc1)C1(C)OC(=O)C(C)=C1C. The summed E-state index contributed by atoms with van der Waals surface area (Å²) >= 11 is 0. The van der Waals surface area contributed by atoms with Crippen LogP contribution in [0.4, 0.5) is 0 Å². The van der Waals surface area contributed by atoms with Crippen molar-refractivity contribution >= 4 is 17.9 Å². The predicted molar refractivity (Wildman–Crippen MR) is 96.8 cm³/mol. The normalized spacial score (nSPS) is 30.3. The van der Waals surface area contributed by atoms with Gasteiger partial charge in [0.15, 0.2) is 5.92 Å². The van der Waals surface area contributed by atoms with Gasteiger partial charge in [-0.3, -0.25) is 9.59 Å². The van der Waals surface area contributed by atoms with Gasteiger partial charge in [-0.15, -0.1) is 0 Å². The van der Waals surface area contributed by atoms with E-state index in [2.05, 4.69) is 0 Å². The van der Waals surface area contributed by atoms with Crippen molar-refractivity contribution in [3.63, 3.8) is 0 Å². The molecule has 1 aromatic rings. The average molecular weight is 372 g/mol. The molecule has 0 aromatic heterocycles. The highest BCUT2D eigenvalue weighted by Crippen LogP contribution is 2.54. The van der Waals surface area contributed by atoms with Crippen molar-refractivity contribution < 1.29 is 28.6 Å². The van der Waals surface area contributed by atoms with Gasteiger partial charge in [-0.1, -0.05) is 29.8 Å². The van der Waals surface area contributed by atoms with Gasteiger partial charge >= 0.3 is 17.9 Å². The number of hydrogen-bond acceptors (Lipinski definition) is 6. The Kier molecular flexibility index (Phi) is 4.62. The molecule has 0 N–H and O–H groups in total. The number of carbonyl (C=O) groups excluding carboxylic acids is 3. The zero-order valence-electron chi connectivity index (χ0n) is 16.3. The Morgan fingerprint density at radius 3 is 2.33 bits per heavy atom. The van der Waals surface area contributed by atoms with Crippen LogP contribution in [0, 0.1) is 12.8 Å². The molecule has 3 atom stereocenters. The molecule has 1 fully saturated rings. The quantitative estimate of drug-likeness (QED) is 0.459. The first kappa shape index (κ1) is 19.1. The van der Waals surface area contributed by atoms with Crippen molar-refractivity contribution in [2.75, 3.05) is 13.2 Å². The van der Waals surface area contributed by atoms with Gasteiger partial charge in [0.25, 0.3) is 0 Å². The second-order valence-electron chi connectivity index (χ2n) is 7.30. The standard InChI is InChI=1S/C21H24O6/c1-6-25-18(23)16-19(24)26-11-21(16,15-9-7-12(2)8-10-15)20(5)14(4)13(3)17(22)27-20/h7-10,16H,6,11H2,1-5H3/t16-,20?,21+/m1/s1. The van der Waals surface area contributed by atoms with Gasteiger partial charge in [-0.2, -0.15) is 0 Å². The molecule has 6 heteroatoms. The van der Waals surface area contributed by atoms with E-state index in [0.29, 0.717) is 16.7 Å². The fourth-order valence-corrected chi connectivity index (χ4v) is 4.14. The van der Waals surface area contributed by atoms with Crippen molar-refractivity contribution in [1.82, 2.24) is 0 Å². The van der Waals surface area contributed by atoms with Crippen molar-refractivity contribution in [2.45, 2.75) is 45.6 Å². The van der Waals surface area contributed by atoms with E-state index in [9.17, 15) is 14.4 Å². The summed E-state index contributed by atoms with van der Waals surface area (Å²) in [4.78, 5) is 37.8. The number of hydrogen-bond donors (Lipinski definition) is 0. The maximum absolute atomic E-state index is 12.8. The van der Waals surface area contributed by atoms with Crippen LogP contribution in [-0.4, -0.2) is 36.7 Å². The number of rotatable bonds is 4. The van der Waals surface area contributed by atoms with Crippen LogP contribution in [0.2, 0.25) is 0 Å². The average Bonchev–Trinajstić information content (AvgIpc) is 3.08. The van der Waals surface area contributed by atoms with Crippen molar-refractivity contribution in [1.29, 1.82) is 0 Å². The summed E-state index contributed by atoms with van der Waals surface area (Å²) in [6.45, 7) is 8.90. The second-order valence-corrected chi connectivity index (χ2v) is 7.30. The summed E-state index contributed by atoms with van der Waals surface area (Å²) in [7, 11) is 0. The molecule has 27 heavy (non-hydrogen) atoms. The van der Waals surface area contributed by atoms with Gasteiger partial charge in [-0.05, 0) is 45.8 Å². The van der Waals surface area contributed by atoms with Crippen molar-refractivity contribution in [3.05, 3.63) is 46.5 Å². The van der Waals surface area contributed by atoms with E-state index < -0.39 is 34.8 Å². The van der Waals surface area contributed by atoms with Crippen LogP contribution in [0.1, 0.15) is 38.8 Å². The maximum atomic E-state index is 12.8. The van der Waals surface area contributed by atoms with E-state index in [-0.39, 0.29) is 13.2 Å². The summed E-state index contributed by atoms with van der Waals surface area (Å²) in [5, 5.41) is 0. The number of benzene rings is 1. The van der Waals surface area contributed by atoms with E-state index in [1.807, 2.05) is 31.2 Å². The number of carbonyl (C=O) groups is 3. The number of aryl methyl sites for hydroxylation is 1. The molecule has 0 saturated carbocycles. The van der Waals surface area contributed by atoms with Gasteiger partial charge in [0.2, 0.25) is 0 Å². The molecular formula is C21H24O6. The predicted octanol–water partition coefficient (Wildman–Crippen LogP) is 2.62. The molecule has 1 unspecified atom stereocenters. The van der Waals surface area contributed by atoms with E-state index in [1.165, 1.54) is 0 Å². The molecule has 3 rings (SSSR count). The first-order valence-electron chi connectivity index (χ1n) is 9.00. The lowest BCUT2D eigenvalue weighted by Gasteiger charge is -2.44. The van der Waals surface area contributed by atoms with Gasteiger partial charge < -0.3 is 14.2 Å². The van der Waals surface area contributed by atoms with Crippen LogP contribution in [-0.2, 0) is 34.0 Å². The topological polar surface area (TPSA) is 78.9 Å². The fraction of sp³-hybridized carbons (Fsp3) is 0.476. The lowest BCUT2D eigenvalue weighted by Crippen LogP contribution is -2.58. The third-order valence-corrected chi connectivity index (χ3v) is 5.99. The molecule has 2 heterocycles. The molecule has 6 nitrogen and oxygen atoms in total. The van der Waals surface area contributed by atoms with Crippen LogP contribution >= 0.6 is 0 Å². The Bertz CT molecular complexity index is 837. The zero-order valence-corrected chi connectivity index (χ0v) is 16.3. The van der Waals surface area contributed by atoms with Crippen LogP contribution in [0.15, 0.2) is 35.4 Å². The first-order valence-corrected chi connectivity index (χ1v) is 9.00. The van der Waals surface area contributed by atoms with E-state index >= 15 is 0 Å². The highest BCUT2D eigenvalue weighted by Gasteiger charge is 2.69. The molecule has 1 aromatic carbocycles. The summed E-state index contributed by atoms with van der Waals surface area (Å²) in [6.07, 6.45) is 0. The van der Waals surface area contributed by atoms with Crippen molar-refractivity contribution in [2.24, 2.45) is 5.92 Å².